The zero-order valence-electron chi connectivity index (χ0n) is 6.41. The molecule has 0 aromatic rings. The minimum absolute atomic E-state index is 0.398. The summed E-state index contributed by atoms with van der Waals surface area (Å²) < 4.78 is -0.672. The molecular formula is C7H12O3S. The third-order valence-corrected chi connectivity index (χ3v) is 3.29. The van der Waals surface area contributed by atoms with Gasteiger partial charge >= 0.3 is 5.97 Å². The third kappa shape index (κ3) is 1.51. The van der Waals surface area contributed by atoms with Gasteiger partial charge in [-0.2, -0.15) is 0 Å². The van der Waals surface area contributed by atoms with Crippen LogP contribution in [0.25, 0.3) is 0 Å². The first-order valence-corrected chi connectivity index (χ1v) is 4.65. The Balaban J connectivity index is 2.53. The number of aliphatic carboxylic acids is 1. The molecule has 1 fully saturated rings. The SMILES string of the molecule is CCSC1(C(=O)O)CC(O)C1. The first kappa shape index (κ1) is 8.87. The molecule has 0 amide bonds. The van der Waals surface area contributed by atoms with Crippen LogP contribution in [0, 0.1) is 0 Å². The standard InChI is InChI=1S/C7H12O3S/c1-2-11-7(6(9)10)3-5(8)4-7/h5,8H,2-4H2,1H3,(H,9,10). The van der Waals surface area contributed by atoms with E-state index in [1.165, 1.54) is 11.8 Å². The second kappa shape index (κ2) is 3.03. The van der Waals surface area contributed by atoms with Gasteiger partial charge in [0.15, 0.2) is 0 Å². The molecule has 1 rings (SSSR count). The van der Waals surface area contributed by atoms with E-state index in [-0.39, 0.29) is 0 Å². The number of hydrogen-bond donors (Lipinski definition) is 2. The van der Waals surface area contributed by atoms with Crippen LogP contribution >= 0.6 is 11.8 Å². The van der Waals surface area contributed by atoms with Gasteiger partial charge in [-0.1, -0.05) is 6.92 Å². The molecule has 0 heterocycles. The molecule has 1 aliphatic rings. The van der Waals surface area contributed by atoms with E-state index in [0.29, 0.717) is 12.8 Å². The number of hydrogen-bond acceptors (Lipinski definition) is 3. The van der Waals surface area contributed by atoms with Crippen molar-refractivity contribution in [3.8, 4) is 0 Å². The molecule has 1 saturated carbocycles. The van der Waals surface area contributed by atoms with Crippen LogP contribution in [-0.4, -0.2) is 32.8 Å². The summed E-state index contributed by atoms with van der Waals surface area (Å²) in [5, 5.41) is 17.8. The molecular weight excluding hydrogens is 164 g/mol. The van der Waals surface area contributed by atoms with E-state index >= 15 is 0 Å². The first-order valence-electron chi connectivity index (χ1n) is 3.66. The summed E-state index contributed by atoms with van der Waals surface area (Å²) in [5.74, 6) is 0.00796. The van der Waals surface area contributed by atoms with Crippen LogP contribution in [0.5, 0.6) is 0 Å². The van der Waals surface area contributed by atoms with Crippen LogP contribution in [-0.2, 0) is 4.79 Å². The largest absolute Gasteiger partial charge is 0.480 e. The van der Waals surface area contributed by atoms with E-state index in [1.807, 2.05) is 6.92 Å². The zero-order valence-corrected chi connectivity index (χ0v) is 7.23. The number of aliphatic hydroxyl groups is 1. The lowest BCUT2D eigenvalue weighted by Gasteiger charge is -2.40. The van der Waals surface area contributed by atoms with Crippen molar-refractivity contribution in [2.75, 3.05) is 5.75 Å². The van der Waals surface area contributed by atoms with E-state index in [0.717, 1.165) is 5.75 Å². The van der Waals surface area contributed by atoms with Gasteiger partial charge in [0.25, 0.3) is 0 Å². The van der Waals surface area contributed by atoms with Gasteiger partial charge in [0.1, 0.15) is 4.75 Å². The van der Waals surface area contributed by atoms with Crippen LogP contribution in [0.15, 0.2) is 0 Å². The average molecular weight is 176 g/mol. The molecule has 3 nitrogen and oxygen atoms in total. The number of carboxylic acid groups (broad SMARTS) is 1. The van der Waals surface area contributed by atoms with Gasteiger partial charge in [0.05, 0.1) is 6.10 Å². The fourth-order valence-corrected chi connectivity index (χ4v) is 2.63. The predicted molar refractivity (Wildman–Crippen MR) is 43.7 cm³/mol. The lowest BCUT2D eigenvalue weighted by Crippen LogP contribution is -2.50. The molecule has 0 aromatic heterocycles. The summed E-state index contributed by atoms with van der Waals surface area (Å²) in [6.45, 7) is 1.93. The highest BCUT2D eigenvalue weighted by Crippen LogP contribution is 2.44. The van der Waals surface area contributed by atoms with E-state index in [1.54, 1.807) is 0 Å². The topological polar surface area (TPSA) is 57.5 Å². The quantitative estimate of drug-likeness (QED) is 0.665. The predicted octanol–water partition coefficient (Wildman–Crippen LogP) is 0.718. The molecule has 64 valence electrons. The lowest BCUT2D eigenvalue weighted by molar-refractivity contribution is -0.145. The van der Waals surface area contributed by atoms with Crippen molar-refractivity contribution >= 4 is 17.7 Å². The molecule has 4 heteroatoms. The molecule has 1 aliphatic carbocycles. The molecule has 0 unspecified atom stereocenters. The van der Waals surface area contributed by atoms with E-state index in [4.69, 9.17) is 10.2 Å². The maximum atomic E-state index is 10.7. The fraction of sp³-hybridized carbons (Fsp3) is 0.857. The summed E-state index contributed by atoms with van der Waals surface area (Å²) in [6.07, 6.45) is 0.409. The van der Waals surface area contributed by atoms with Gasteiger partial charge in [-0.05, 0) is 18.6 Å². The molecule has 0 atom stereocenters. The van der Waals surface area contributed by atoms with Gasteiger partial charge in [0, 0.05) is 0 Å². The number of thioether (sulfide) groups is 1. The van der Waals surface area contributed by atoms with E-state index in [9.17, 15) is 4.79 Å². The van der Waals surface area contributed by atoms with Crippen molar-refractivity contribution in [3.05, 3.63) is 0 Å². The minimum atomic E-state index is -0.783. The van der Waals surface area contributed by atoms with Gasteiger partial charge in [0.2, 0.25) is 0 Å². The molecule has 0 aliphatic heterocycles. The van der Waals surface area contributed by atoms with Crippen LogP contribution < -0.4 is 0 Å². The lowest BCUT2D eigenvalue weighted by atomic mass is 9.81. The third-order valence-electron chi connectivity index (χ3n) is 1.94. The maximum absolute atomic E-state index is 10.7. The Hall–Kier alpha value is -0.220. The smallest absolute Gasteiger partial charge is 0.319 e. The summed E-state index contributed by atoms with van der Waals surface area (Å²) in [6, 6.07) is 0. The van der Waals surface area contributed by atoms with Crippen LogP contribution in [0.4, 0.5) is 0 Å². The molecule has 0 spiro atoms. The van der Waals surface area contributed by atoms with E-state index in [2.05, 4.69) is 0 Å². The summed E-state index contributed by atoms with van der Waals surface area (Å²) in [7, 11) is 0. The Morgan fingerprint density at radius 3 is 2.55 bits per heavy atom. The monoisotopic (exact) mass is 176 g/mol. The van der Waals surface area contributed by atoms with Gasteiger partial charge < -0.3 is 10.2 Å². The Kier molecular flexibility index (Phi) is 2.44. The van der Waals surface area contributed by atoms with Crippen molar-refractivity contribution in [1.29, 1.82) is 0 Å². The van der Waals surface area contributed by atoms with Crippen molar-refractivity contribution in [2.24, 2.45) is 0 Å². The van der Waals surface area contributed by atoms with Crippen LogP contribution in [0.3, 0.4) is 0 Å². The summed E-state index contributed by atoms with van der Waals surface area (Å²) >= 11 is 1.42. The average Bonchev–Trinajstić information content (AvgIpc) is 1.84. The molecule has 0 bridgehead atoms. The van der Waals surface area contributed by atoms with Crippen molar-refractivity contribution < 1.29 is 15.0 Å². The van der Waals surface area contributed by atoms with Gasteiger partial charge in [-0.3, -0.25) is 4.79 Å². The van der Waals surface area contributed by atoms with Crippen molar-refractivity contribution in [3.63, 3.8) is 0 Å². The minimum Gasteiger partial charge on any atom is -0.480 e. The van der Waals surface area contributed by atoms with Crippen LogP contribution in [0.2, 0.25) is 0 Å². The molecule has 0 aromatic carbocycles. The fourth-order valence-electron chi connectivity index (χ4n) is 1.33. The van der Waals surface area contributed by atoms with Crippen molar-refractivity contribution in [1.82, 2.24) is 0 Å². The Morgan fingerprint density at radius 1 is 1.73 bits per heavy atom. The molecule has 0 saturated heterocycles. The highest BCUT2D eigenvalue weighted by Gasteiger charge is 2.50. The number of carboxylic acids is 1. The summed E-state index contributed by atoms with van der Waals surface area (Å²) in [5.41, 5.74) is 0. The molecule has 11 heavy (non-hydrogen) atoms. The Bertz CT molecular complexity index is 158. The highest BCUT2D eigenvalue weighted by molar-refractivity contribution is 8.01. The normalized spacial score (nSPS) is 36.4. The number of rotatable bonds is 3. The Morgan fingerprint density at radius 2 is 2.27 bits per heavy atom. The van der Waals surface area contributed by atoms with E-state index < -0.39 is 16.8 Å². The zero-order chi connectivity index (χ0) is 8.48. The van der Waals surface area contributed by atoms with Crippen LogP contribution in [0.1, 0.15) is 19.8 Å². The maximum Gasteiger partial charge on any atom is 0.319 e. The molecule has 2 N–H and O–H groups in total. The molecule has 0 radical (unpaired) electrons. The van der Waals surface area contributed by atoms with Gasteiger partial charge in [-0.25, -0.2) is 0 Å². The summed E-state index contributed by atoms with van der Waals surface area (Å²) in [4.78, 5) is 10.7. The van der Waals surface area contributed by atoms with Crippen molar-refractivity contribution in [2.45, 2.75) is 30.6 Å². The second-order valence-corrected chi connectivity index (χ2v) is 4.44. The number of carbonyl (C=O) groups is 1. The highest BCUT2D eigenvalue weighted by atomic mass is 32.2. The Labute approximate surface area is 69.8 Å². The first-order chi connectivity index (χ1) is 5.10. The second-order valence-electron chi connectivity index (χ2n) is 2.79. The number of aliphatic hydroxyl groups excluding tert-OH is 1. The van der Waals surface area contributed by atoms with Gasteiger partial charge in [-0.15, -0.1) is 11.8 Å².